The molecule has 0 heterocycles. The number of ether oxygens (including phenoxy) is 2. The number of amides is 1. The van der Waals surface area contributed by atoms with E-state index >= 15 is 0 Å². The molecule has 6 heteroatoms. The van der Waals surface area contributed by atoms with Crippen molar-refractivity contribution in [3.05, 3.63) is 113 Å². The number of halogens is 1. The van der Waals surface area contributed by atoms with Crippen LogP contribution >= 0.6 is 11.6 Å². The third kappa shape index (κ3) is 8.02. The van der Waals surface area contributed by atoms with Crippen LogP contribution in [-0.2, 0) is 17.8 Å². The molecule has 0 fully saturated rings. The lowest BCUT2D eigenvalue weighted by Crippen LogP contribution is -2.32. The van der Waals surface area contributed by atoms with Gasteiger partial charge in [-0.2, -0.15) is 0 Å². The molecule has 2 N–H and O–H groups in total. The number of benzene rings is 4. The zero-order chi connectivity index (χ0) is 26.3. The number of hydrogen-bond donors (Lipinski definition) is 2. The van der Waals surface area contributed by atoms with E-state index in [0.717, 1.165) is 16.8 Å². The minimum Gasteiger partial charge on any atom is -0.455 e. The summed E-state index contributed by atoms with van der Waals surface area (Å²) in [5.74, 6) is 1.26. The van der Waals surface area contributed by atoms with Gasteiger partial charge < -0.3 is 20.1 Å². The van der Waals surface area contributed by atoms with Gasteiger partial charge >= 0.3 is 6.09 Å². The maximum atomic E-state index is 12.0. The van der Waals surface area contributed by atoms with E-state index in [0.29, 0.717) is 29.6 Å². The Hall–Kier alpha value is -3.96. The second-order valence-corrected chi connectivity index (χ2v) is 10.1. The van der Waals surface area contributed by atoms with Crippen molar-refractivity contribution < 1.29 is 14.3 Å². The highest BCUT2D eigenvalue weighted by molar-refractivity contribution is 6.30. The summed E-state index contributed by atoms with van der Waals surface area (Å²) >= 11 is 6.28. The van der Waals surface area contributed by atoms with E-state index in [4.69, 9.17) is 21.1 Å². The summed E-state index contributed by atoms with van der Waals surface area (Å²) < 4.78 is 11.5. The van der Waals surface area contributed by atoms with Crippen molar-refractivity contribution in [3.63, 3.8) is 0 Å². The summed E-state index contributed by atoms with van der Waals surface area (Å²) in [5, 5.41) is 6.80. The largest absolute Gasteiger partial charge is 0.455 e. The van der Waals surface area contributed by atoms with Gasteiger partial charge in [-0.3, -0.25) is 0 Å². The topological polar surface area (TPSA) is 59.6 Å². The average molecular weight is 515 g/mol. The van der Waals surface area contributed by atoms with Gasteiger partial charge in [0.25, 0.3) is 0 Å². The predicted molar refractivity (Wildman–Crippen MR) is 150 cm³/mol. The molecule has 5 nitrogen and oxygen atoms in total. The Morgan fingerprint density at radius 1 is 0.784 bits per heavy atom. The van der Waals surface area contributed by atoms with E-state index in [-0.39, 0.29) is 0 Å². The van der Waals surface area contributed by atoms with Gasteiger partial charge in [0.1, 0.15) is 11.4 Å². The summed E-state index contributed by atoms with van der Waals surface area (Å²) in [5.41, 5.74) is 4.69. The van der Waals surface area contributed by atoms with E-state index in [1.54, 1.807) is 6.07 Å². The summed E-state index contributed by atoms with van der Waals surface area (Å²) in [6, 6.07) is 31.9. The fraction of sp³-hybridized carbons (Fsp3) is 0.194. The molecule has 0 aliphatic carbocycles. The van der Waals surface area contributed by atoms with E-state index in [1.807, 2.05) is 75.4 Å². The lowest BCUT2D eigenvalue weighted by Gasteiger charge is -2.19. The lowest BCUT2D eigenvalue weighted by atomic mass is 10.0. The Kier molecular flexibility index (Phi) is 8.36. The van der Waals surface area contributed by atoms with Gasteiger partial charge in [-0.25, -0.2) is 4.79 Å². The van der Waals surface area contributed by atoms with Crippen LogP contribution in [0.5, 0.6) is 11.5 Å². The second kappa shape index (κ2) is 11.8. The Morgan fingerprint density at radius 2 is 1.51 bits per heavy atom. The number of carbonyl (C=O) groups is 1. The zero-order valence-electron chi connectivity index (χ0n) is 21.3. The molecule has 4 aromatic rings. The predicted octanol–water partition coefficient (Wildman–Crippen LogP) is 8.44. The van der Waals surface area contributed by atoms with Gasteiger partial charge in [0, 0.05) is 24.2 Å². The Bertz CT molecular complexity index is 1330. The molecule has 37 heavy (non-hydrogen) atoms. The highest BCUT2D eigenvalue weighted by Crippen LogP contribution is 2.33. The van der Waals surface area contributed by atoms with Crippen molar-refractivity contribution in [3.8, 4) is 22.6 Å². The molecule has 0 unspecified atom stereocenters. The first-order valence-corrected chi connectivity index (χ1v) is 12.5. The minimum atomic E-state index is -0.547. The number of hydrogen-bond acceptors (Lipinski definition) is 4. The van der Waals surface area contributed by atoms with Crippen LogP contribution in [0.2, 0.25) is 5.02 Å². The van der Waals surface area contributed by atoms with Gasteiger partial charge in [-0.05, 0) is 67.3 Å². The lowest BCUT2D eigenvalue weighted by molar-refractivity contribution is 0.0523. The molecular formula is C31H31ClN2O3. The van der Waals surface area contributed by atoms with Crippen molar-refractivity contribution in [2.75, 3.05) is 5.32 Å². The third-order valence-electron chi connectivity index (χ3n) is 5.45. The standard InChI is InChI=1S/C31H31ClN2O3/c1-31(2,3)37-30(35)34-21-23-8-7-11-27(18-23)36-29-19-26(32)16-17-28(29)33-20-22-12-14-25(15-13-22)24-9-5-4-6-10-24/h4-19,33H,20-21H2,1-3H3,(H,34,35). The summed E-state index contributed by atoms with van der Waals surface area (Å²) in [7, 11) is 0. The van der Waals surface area contributed by atoms with E-state index in [9.17, 15) is 4.79 Å². The molecule has 0 radical (unpaired) electrons. The van der Waals surface area contributed by atoms with Gasteiger partial charge in [0.15, 0.2) is 5.75 Å². The monoisotopic (exact) mass is 514 g/mol. The SMILES string of the molecule is CC(C)(C)OC(=O)NCc1cccc(Oc2cc(Cl)ccc2NCc2ccc(-c3ccccc3)cc2)c1. The summed E-state index contributed by atoms with van der Waals surface area (Å²) in [6.45, 7) is 6.45. The van der Waals surface area contributed by atoms with Crippen LogP contribution in [0.25, 0.3) is 11.1 Å². The smallest absolute Gasteiger partial charge is 0.407 e. The molecule has 0 aromatic heterocycles. The van der Waals surface area contributed by atoms with Crippen molar-refractivity contribution in [2.45, 2.75) is 39.5 Å². The fourth-order valence-corrected chi connectivity index (χ4v) is 3.87. The number of nitrogens with one attached hydrogen (secondary N) is 2. The minimum absolute atomic E-state index is 0.325. The van der Waals surface area contributed by atoms with Crippen molar-refractivity contribution >= 4 is 23.4 Å². The van der Waals surface area contributed by atoms with Crippen LogP contribution < -0.4 is 15.4 Å². The molecule has 190 valence electrons. The molecule has 0 atom stereocenters. The van der Waals surface area contributed by atoms with Crippen molar-refractivity contribution in [2.24, 2.45) is 0 Å². The maximum Gasteiger partial charge on any atom is 0.407 e. The maximum absolute atomic E-state index is 12.0. The third-order valence-corrected chi connectivity index (χ3v) is 5.68. The molecule has 0 spiro atoms. The first-order chi connectivity index (χ1) is 17.7. The Morgan fingerprint density at radius 3 is 2.24 bits per heavy atom. The molecule has 4 aromatic carbocycles. The van der Waals surface area contributed by atoms with Crippen LogP contribution in [0.1, 0.15) is 31.9 Å². The Balaban J connectivity index is 1.40. The first-order valence-electron chi connectivity index (χ1n) is 12.2. The number of anilines is 1. The van der Waals surface area contributed by atoms with Crippen LogP contribution in [0, 0.1) is 0 Å². The van der Waals surface area contributed by atoms with Crippen molar-refractivity contribution in [1.29, 1.82) is 0 Å². The Labute approximate surface area is 223 Å². The molecular weight excluding hydrogens is 484 g/mol. The quantitative estimate of drug-likeness (QED) is 0.247. The van der Waals surface area contributed by atoms with Crippen LogP contribution in [0.4, 0.5) is 10.5 Å². The van der Waals surface area contributed by atoms with Gasteiger partial charge in [-0.1, -0.05) is 78.3 Å². The highest BCUT2D eigenvalue weighted by atomic mass is 35.5. The average Bonchev–Trinajstić information content (AvgIpc) is 2.87. The molecule has 0 aliphatic rings. The van der Waals surface area contributed by atoms with Gasteiger partial charge in [-0.15, -0.1) is 0 Å². The molecule has 0 aliphatic heterocycles. The van der Waals surface area contributed by atoms with Gasteiger partial charge in [0.05, 0.1) is 5.69 Å². The van der Waals surface area contributed by atoms with E-state index in [2.05, 4.69) is 47.0 Å². The summed E-state index contributed by atoms with van der Waals surface area (Å²) in [6.07, 6.45) is -0.461. The molecule has 0 saturated heterocycles. The van der Waals surface area contributed by atoms with Gasteiger partial charge in [0.2, 0.25) is 0 Å². The molecule has 0 bridgehead atoms. The van der Waals surface area contributed by atoms with Crippen molar-refractivity contribution in [1.82, 2.24) is 5.32 Å². The number of rotatable bonds is 8. The fourth-order valence-electron chi connectivity index (χ4n) is 3.70. The van der Waals surface area contributed by atoms with E-state index in [1.165, 1.54) is 11.1 Å². The number of carbonyl (C=O) groups excluding carboxylic acids is 1. The van der Waals surface area contributed by atoms with Crippen LogP contribution in [-0.4, -0.2) is 11.7 Å². The first kappa shape index (κ1) is 26.1. The number of alkyl carbamates (subject to hydrolysis) is 1. The molecule has 1 amide bonds. The second-order valence-electron chi connectivity index (χ2n) is 9.66. The van der Waals surface area contributed by atoms with E-state index < -0.39 is 11.7 Å². The highest BCUT2D eigenvalue weighted by Gasteiger charge is 2.16. The normalized spacial score (nSPS) is 11.0. The zero-order valence-corrected chi connectivity index (χ0v) is 22.0. The molecule has 4 rings (SSSR count). The van der Waals surface area contributed by atoms with Crippen LogP contribution in [0.15, 0.2) is 97.1 Å². The van der Waals surface area contributed by atoms with Crippen LogP contribution in [0.3, 0.4) is 0 Å². The molecule has 0 saturated carbocycles. The summed E-state index contributed by atoms with van der Waals surface area (Å²) in [4.78, 5) is 12.0.